The maximum absolute atomic E-state index is 9.64. The van der Waals surface area contributed by atoms with Crippen molar-refractivity contribution in [3.05, 3.63) is 17.7 Å². The topological polar surface area (TPSA) is 69.2 Å². The zero-order valence-corrected chi connectivity index (χ0v) is 12.6. The molecule has 0 saturated carbocycles. The van der Waals surface area contributed by atoms with Crippen LogP contribution in [0.4, 0.5) is 0 Å². The van der Waals surface area contributed by atoms with Crippen molar-refractivity contribution in [1.29, 1.82) is 0 Å². The molecule has 1 heterocycles. The molecule has 0 saturated heterocycles. The molecule has 1 aromatic carbocycles. The van der Waals surface area contributed by atoms with Crippen molar-refractivity contribution in [3.63, 3.8) is 0 Å². The van der Waals surface area contributed by atoms with E-state index in [1.807, 2.05) is 19.1 Å². The lowest BCUT2D eigenvalue weighted by molar-refractivity contribution is 0.103. The van der Waals surface area contributed by atoms with E-state index in [1.165, 1.54) is 0 Å². The molecule has 0 bridgehead atoms. The highest BCUT2D eigenvalue weighted by molar-refractivity contribution is 5.51. The van der Waals surface area contributed by atoms with Gasteiger partial charge in [-0.25, -0.2) is 0 Å². The molecule has 0 aliphatic carbocycles. The van der Waals surface area contributed by atoms with Crippen LogP contribution in [0.25, 0.3) is 0 Å². The van der Waals surface area contributed by atoms with Crippen molar-refractivity contribution in [1.82, 2.24) is 5.32 Å². The van der Waals surface area contributed by atoms with Crippen LogP contribution in [0.2, 0.25) is 0 Å². The van der Waals surface area contributed by atoms with Crippen LogP contribution in [0.1, 0.15) is 18.9 Å². The third kappa shape index (κ3) is 4.49. The second-order valence-corrected chi connectivity index (χ2v) is 4.86. The van der Waals surface area contributed by atoms with Gasteiger partial charge in [0.05, 0.1) is 12.7 Å². The van der Waals surface area contributed by atoms with Crippen LogP contribution in [-0.2, 0) is 11.3 Å². The first-order chi connectivity index (χ1) is 10.2. The summed E-state index contributed by atoms with van der Waals surface area (Å²) in [5.74, 6) is 2.11. The van der Waals surface area contributed by atoms with Crippen LogP contribution in [0, 0.1) is 0 Å². The lowest BCUT2D eigenvalue weighted by Gasteiger charge is -2.15. The summed E-state index contributed by atoms with van der Waals surface area (Å²) in [5, 5.41) is 12.9. The van der Waals surface area contributed by atoms with Crippen molar-refractivity contribution in [2.45, 2.75) is 26.0 Å². The zero-order chi connectivity index (χ0) is 15.1. The second kappa shape index (κ2) is 8.07. The Kier molecular flexibility index (Phi) is 6.10. The zero-order valence-electron chi connectivity index (χ0n) is 12.6. The van der Waals surface area contributed by atoms with E-state index in [4.69, 9.17) is 18.9 Å². The standard InChI is InChI=1S/C15H23NO5/c1-3-12(17)9-19-13-7-15-14(20-10-21-15)6-11(13)8-16-4-5-18-2/h6-7,12,16-17H,3-5,8-10H2,1-2H3. The van der Waals surface area contributed by atoms with Crippen LogP contribution >= 0.6 is 0 Å². The number of hydrogen-bond acceptors (Lipinski definition) is 6. The Morgan fingerprint density at radius 1 is 1.33 bits per heavy atom. The molecule has 1 aromatic rings. The Hall–Kier alpha value is -1.50. The number of aliphatic hydroxyl groups is 1. The van der Waals surface area contributed by atoms with Gasteiger partial charge >= 0.3 is 0 Å². The molecule has 0 radical (unpaired) electrons. The highest BCUT2D eigenvalue weighted by atomic mass is 16.7. The third-order valence-corrected chi connectivity index (χ3v) is 3.26. The largest absolute Gasteiger partial charge is 0.490 e. The van der Waals surface area contributed by atoms with Crippen LogP contribution < -0.4 is 19.5 Å². The Morgan fingerprint density at radius 3 is 2.81 bits per heavy atom. The fraction of sp³-hybridized carbons (Fsp3) is 0.600. The van der Waals surface area contributed by atoms with Gasteiger partial charge in [0.25, 0.3) is 0 Å². The summed E-state index contributed by atoms with van der Waals surface area (Å²) < 4.78 is 21.5. The Morgan fingerprint density at radius 2 is 2.10 bits per heavy atom. The van der Waals surface area contributed by atoms with E-state index in [2.05, 4.69) is 5.32 Å². The Labute approximate surface area is 125 Å². The minimum absolute atomic E-state index is 0.229. The van der Waals surface area contributed by atoms with E-state index in [1.54, 1.807) is 7.11 Å². The first kappa shape index (κ1) is 15.9. The van der Waals surface area contributed by atoms with Crippen LogP contribution in [-0.4, -0.2) is 44.9 Å². The van der Waals surface area contributed by atoms with Gasteiger partial charge in [-0.15, -0.1) is 0 Å². The fourth-order valence-electron chi connectivity index (χ4n) is 1.94. The Bertz CT molecular complexity index is 452. The van der Waals surface area contributed by atoms with Gasteiger partial charge in [-0.1, -0.05) is 6.92 Å². The predicted molar refractivity (Wildman–Crippen MR) is 77.9 cm³/mol. The average molecular weight is 297 g/mol. The molecule has 0 spiro atoms. The number of hydrogen-bond donors (Lipinski definition) is 2. The number of nitrogens with one attached hydrogen (secondary N) is 1. The number of ether oxygens (including phenoxy) is 4. The van der Waals surface area contributed by atoms with Gasteiger partial charge in [0.15, 0.2) is 11.5 Å². The van der Waals surface area contributed by atoms with Gasteiger partial charge in [0.1, 0.15) is 12.4 Å². The fourth-order valence-corrected chi connectivity index (χ4v) is 1.94. The molecule has 0 aromatic heterocycles. The van der Waals surface area contributed by atoms with Crippen LogP contribution in [0.15, 0.2) is 12.1 Å². The van der Waals surface area contributed by atoms with Gasteiger partial charge in [0.2, 0.25) is 6.79 Å². The molecule has 6 nitrogen and oxygen atoms in total. The van der Waals surface area contributed by atoms with Crippen molar-refractivity contribution in [2.75, 3.05) is 33.7 Å². The molecule has 1 unspecified atom stereocenters. The number of rotatable bonds is 9. The van der Waals surface area contributed by atoms with Gasteiger partial charge in [-0.3, -0.25) is 0 Å². The lowest BCUT2D eigenvalue weighted by Crippen LogP contribution is -2.20. The third-order valence-electron chi connectivity index (χ3n) is 3.26. The molecule has 0 fully saturated rings. The predicted octanol–water partition coefficient (Wildman–Crippen LogP) is 1.30. The van der Waals surface area contributed by atoms with Crippen molar-refractivity contribution in [3.8, 4) is 17.2 Å². The molecule has 1 atom stereocenters. The maximum atomic E-state index is 9.64. The van der Waals surface area contributed by atoms with E-state index in [-0.39, 0.29) is 13.4 Å². The molecule has 21 heavy (non-hydrogen) atoms. The SMILES string of the molecule is CCC(O)COc1cc2c(cc1CNCCOC)OCO2. The summed E-state index contributed by atoms with van der Waals surface area (Å²) in [6.45, 7) is 4.45. The first-order valence-corrected chi connectivity index (χ1v) is 7.17. The van der Waals surface area contributed by atoms with Crippen molar-refractivity contribution in [2.24, 2.45) is 0 Å². The van der Waals surface area contributed by atoms with Crippen LogP contribution in [0.5, 0.6) is 17.2 Å². The minimum atomic E-state index is -0.468. The van der Waals surface area contributed by atoms with E-state index in [0.29, 0.717) is 31.1 Å². The summed E-state index contributed by atoms with van der Waals surface area (Å²) in [4.78, 5) is 0. The summed E-state index contributed by atoms with van der Waals surface area (Å²) in [6.07, 6.45) is 0.191. The molecule has 118 valence electrons. The molecule has 1 aliphatic heterocycles. The van der Waals surface area contributed by atoms with E-state index >= 15 is 0 Å². The summed E-state index contributed by atoms with van der Waals surface area (Å²) in [7, 11) is 1.67. The van der Waals surface area contributed by atoms with Gasteiger partial charge in [-0.2, -0.15) is 0 Å². The Balaban J connectivity index is 2.04. The number of benzene rings is 1. The summed E-state index contributed by atoms with van der Waals surface area (Å²) in [5.41, 5.74) is 0.971. The van der Waals surface area contributed by atoms with E-state index in [9.17, 15) is 5.11 Å². The summed E-state index contributed by atoms with van der Waals surface area (Å²) >= 11 is 0. The smallest absolute Gasteiger partial charge is 0.231 e. The highest BCUT2D eigenvalue weighted by Gasteiger charge is 2.18. The number of fused-ring (bicyclic) bond motifs is 1. The molecule has 1 aliphatic rings. The van der Waals surface area contributed by atoms with Gasteiger partial charge in [-0.05, 0) is 12.5 Å². The molecule has 6 heteroatoms. The van der Waals surface area contributed by atoms with Crippen molar-refractivity contribution < 1.29 is 24.1 Å². The van der Waals surface area contributed by atoms with Crippen LogP contribution in [0.3, 0.4) is 0 Å². The monoisotopic (exact) mass is 297 g/mol. The number of aliphatic hydroxyl groups excluding tert-OH is 1. The maximum Gasteiger partial charge on any atom is 0.231 e. The lowest BCUT2D eigenvalue weighted by atomic mass is 10.1. The van der Waals surface area contributed by atoms with Crippen molar-refractivity contribution >= 4 is 0 Å². The quantitative estimate of drug-likeness (QED) is 0.670. The molecular weight excluding hydrogens is 274 g/mol. The highest BCUT2D eigenvalue weighted by Crippen LogP contribution is 2.38. The molecule has 0 amide bonds. The molecule has 2 N–H and O–H groups in total. The summed E-state index contributed by atoms with van der Waals surface area (Å²) in [6, 6.07) is 3.73. The van der Waals surface area contributed by atoms with E-state index in [0.717, 1.165) is 17.9 Å². The second-order valence-electron chi connectivity index (χ2n) is 4.86. The molecule has 2 rings (SSSR count). The average Bonchev–Trinajstić information content (AvgIpc) is 2.95. The molecular formula is C15H23NO5. The number of methoxy groups -OCH3 is 1. The van der Waals surface area contributed by atoms with Gasteiger partial charge < -0.3 is 29.4 Å². The normalized spacial score (nSPS) is 14.2. The minimum Gasteiger partial charge on any atom is -0.490 e. The first-order valence-electron chi connectivity index (χ1n) is 7.17. The van der Waals surface area contributed by atoms with E-state index < -0.39 is 6.10 Å². The van der Waals surface area contributed by atoms with Gasteiger partial charge in [0, 0.05) is 31.8 Å².